The molecule has 0 aliphatic carbocycles. The van der Waals surface area contributed by atoms with Crippen molar-refractivity contribution < 1.29 is 4.79 Å². The molecule has 1 aromatic heterocycles. The lowest BCUT2D eigenvalue weighted by atomic mass is 10.1. The van der Waals surface area contributed by atoms with E-state index in [9.17, 15) is 4.79 Å². The molecular formula is C23H34N6O. The fourth-order valence-corrected chi connectivity index (χ4v) is 3.91. The van der Waals surface area contributed by atoms with Crippen LogP contribution < -0.4 is 10.6 Å². The summed E-state index contributed by atoms with van der Waals surface area (Å²) in [7, 11) is 1.78. The zero-order valence-corrected chi connectivity index (χ0v) is 18.4. The van der Waals surface area contributed by atoms with Crippen LogP contribution in [0, 0.1) is 19.8 Å². The van der Waals surface area contributed by atoms with Crippen molar-refractivity contribution in [1.29, 1.82) is 0 Å². The first-order valence-corrected chi connectivity index (χ1v) is 10.8. The fraction of sp³-hybridized carbons (Fsp3) is 0.522. The molecule has 1 atom stereocenters. The molecule has 7 heteroatoms. The highest BCUT2D eigenvalue weighted by Crippen LogP contribution is 2.17. The highest BCUT2D eigenvalue weighted by molar-refractivity contribution is 5.80. The number of aryl methyl sites for hydroxylation is 3. The molecule has 1 unspecified atom stereocenters. The monoisotopic (exact) mass is 410 g/mol. The number of rotatable bonds is 9. The number of benzene rings is 1. The molecule has 1 aliphatic rings. The molecule has 162 valence electrons. The van der Waals surface area contributed by atoms with Crippen LogP contribution >= 0.6 is 0 Å². The van der Waals surface area contributed by atoms with Gasteiger partial charge in [0.2, 0.25) is 5.91 Å². The summed E-state index contributed by atoms with van der Waals surface area (Å²) in [5, 5.41) is 11.2. The van der Waals surface area contributed by atoms with Gasteiger partial charge in [0.15, 0.2) is 5.96 Å². The van der Waals surface area contributed by atoms with E-state index >= 15 is 0 Å². The minimum Gasteiger partial charge on any atom is -0.356 e. The van der Waals surface area contributed by atoms with Crippen LogP contribution in [0.4, 0.5) is 0 Å². The number of hydrogen-bond donors (Lipinski definition) is 2. The summed E-state index contributed by atoms with van der Waals surface area (Å²) in [6.45, 7) is 8.17. The van der Waals surface area contributed by atoms with E-state index in [1.165, 1.54) is 11.3 Å². The van der Waals surface area contributed by atoms with Gasteiger partial charge in [0, 0.05) is 57.8 Å². The average molecular weight is 411 g/mol. The van der Waals surface area contributed by atoms with E-state index in [2.05, 4.69) is 45.8 Å². The standard InChI is InChI=1S/C23H34N6O/c1-18-14-19(2)29(27-18)12-7-11-25-23(24-3)26-16-21-15-22(30)28(17-21)13-10-20-8-5-4-6-9-20/h4-6,8-9,14,21H,7,10-13,15-17H2,1-3H3,(H2,24,25,26). The quantitative estimate of drug-likeness (QED) is 0.377. The van der Waals surface area contributed by atoms with Crippen LogP contribution in [-0.4, -0.2) is 59.8 Å². The van der Waals surface area contributed by atoms with Crippen LogP contribution in [-0.2, 0) is 17.8 Å². The van der Waals surface area contributed by atoms with Crippen LogP contribution in [0.2, 0.25) is 0 Å². The van der Waals surface area contributed by atoms with Crippen LogP contribution in [0.15, 0.2) is 41.4 Å². The highest BCUT2D eigenvalue weighted by Gasteiger charge is 2.29. The Morgan fingerprint density at radius 1 is 1.20 bits per heavy atom. The molecule has 1 aliphatic heterocycles. The second kappa shape index (κ2) is 10.8. The molecule has 2 heterocycles. The van der Waals surface area contributed by atoms with Gasteiger partial charge in [0.05, 0.1) is 5.69 Å². The average Bonchev–Trinajstić information content (AvgIpc) is 3.26. The molecule has 1 aromatic carbocycles. The van der Waals surface area contributed by atoms with Gasteiger partial charge in [0.25, 0.3) is 0 Å². The minimum absolute atomic E-state index is 0.255. The number of nitrogens with zero attached hydrogens (tertiary/aromatic N) is 4. The summed E-state index contributed by atoms with van der Waals surface area (Å²) in [4.78, 5) is 18.6. The summed E-state index contributed by atoms with van der Waals surface area (Å²) in [6.07, 6.45) is 2.49. The third-order valence-corrected chi connectivity index (χ3v) is 5.53. The van der Waals surface area contributed by atoms with Crippen LogP contribution in [0.5, 0.6) is 0 Å². The van der Waals surface area contributed by atoms with Gasteiger partial charge in [-0.15, -0.1) is 0 Å². The van der Waals surface area contributed by atoms with E-state index in [4.69, 9.17) is 0 Å². The Balaban J connectivity index is 1.34. The lowest BCUT2D eigenvalue weighted by molar-refractivity contribution is -0.127. The number of amides is 1. The number of carbonyl (C=O) groups is 1. The van der Waals surface area contributed by atoms with E-state index < -0.39 is 0 Å². The smallest absolute Gasteiger partial charge is 0.223 e. The van der Waals surface area contributed by atoms with E-state index in [1.807, 2.05) is 34.7 Å². The number of carbonyl (C=O) groups excluding carboxylic acids is 1. The summed E-state index contributed by atoms with van der Waals surface area (Å²) in [6, 6.07) is 12.4. The van der Waals surface area contributed by atoms with Crippen molar-refractivity contribution in [3.63, 3.8) is 0 Å². The second-order valence-corrected chi connectivity index (χ2v) is 8.03. The number of aliphatic imine (C=N–C) groups is 1. The van der Waals surface area contributed by atoms with Gasteiger partial charge in [-0.2, -0.15) is 5.10 Å². The molecule has 2 aromatic rings. The summed E-state index contributed by atoms with van der Waals surface area (Å²) in [5.74, 6) is 1.37. The summed E-state index contributed by atoms with van der Waals surface area (Å²) >= 11 is 0. The van der Waals surface area contributed by atoms with Crippen molar-refractivity contribution in [2.24, 2.45) is 10.9 Å². The van der Waals surface area contributed by atoms with Gasteiger partial charge < -0.3 is 15.5 Å². The Bertz CT molecular complexity index is 845. The first kappa shape index (κ1) is 21.9. The normalized spacial score (nSPS) is 16.9. The van der Waals surface area contributed by atoms with E-state index in [0.717, 1.165) is 57.2 Å². The Labute approximate surface area is 179 Å². The largest absolute Gasteiger partial charge is 0.356 e. The first-order chi connectivity index (χ1) is 14.5. The molecule has 30 heavy (non-hydrogen) atoms. The minimum atomic E-state index is 0.255. The number of guanidine groups is 1. The number of likely N-dealkylation sites (tertiary alicyclic amines) is 1. The Hall–Kier alpha value is -2.83. The van der Waals surface area contributed by atoms with Gasteiger partial charge in [-0.05, 0) is 38.3 Å². The van der Waals surface area contributed by atoms with Gasteiger partial charge in [0.1, 0.15) is 0 Å². The zero-order chi connectivity index (χ0) is 21.3. The maximum absolute atomic E-state index is 12.3. The lowest BCUT2D eigenvalue weighted by Gasteiger charge is -2.18. The molecule has 0 radical (unpaired) electrons. The van der Waals surface area contributed by atoms with Crippen molar-refractivity contribution in [3.8, 4) is 0 Å². The number of aromatic nitrogens is 2. The van der Waals surface area contributed by atoms with E-state index in [-0.39, 0.29) is 5.91 Å². The molecule has 1 fully saturated rings. The van der Waals surface area contributed by atoms with Crippen LogP contribution in [0.3, 0.4) is 0 Å². The molecule has 1 amide bonds. The predicted octanol–water partition coefficient (Wildman–Crippen LogP) is 2.15. The van der Waals surface area contributed by atoms with Gasteiger partial charge in [-0.3, -0.25) is 14.5 Å². The zero-order valence-electron chi connectivity index (χ0n) is 18.4. The van der Waals surface area contributed by atoms with Gasteiger partial charge in [-0.1, -0.05) is 30.3 Å². The fourth-order valence-electron chi connectivity index (χ4n) is 3.91. The molecule has 0 saturated carbocycles. The molecular weight excluding hydrogens is 376 g/mol. The van der Waals surface area contributed by atoms with Gasteiger partial charge >= 0.3 is 0 Å². The van der Waals surface area contributed by atoms with E-state index in [1.54, 1.807) is 7.05 Å². The summed E-state index contributed by atoms with van der Waals surface area (Å²) < 4.78 is 2.04. The number of hydrogen-bond acceptors (Lipinski definition) is 3. The maximum Gasteiger partial charge on any atom is 0.223 e. The molecule has 0 spiro atoms. The van der Waals surface area contributed by atoms with Crippen LogP contribution in [0.1, 0.15) is 29.8 Å². The van der Waals surface area contributed by atoms with E-state index in [0.29, 0.717) is 12.3 Å². The molecule has 7 nitrogen and oxygen atoms in total. The SMILES string of the molecule is CN=C(NCCCn1nc(C)cc1C)NCC1CC(=O)N(CCc2ccccc2)C1. The van der Waals surface area contributed by atoms with Crippen molar-refractivity contribution in [2.75, 3.05) is 33.2 Å². The summed E-state index contributed by atoms with van der Waals surface area (Å²) in [5.41, 5.74) is 3.52. The second-order valence-electron chi connectivity index (χ2n) is 8.03. The molecule has 0 bridgehead atoms. The maximum atomic E-state index is 12.3. The van der Waals surface area contributed by atoms with Crippen molar-refractivity contribution in [2.45, 2.75) is 39.7 Å². The van der Waals surface area contributed by atoms with Crippen molar-refractivity contribution in [3.05, 3.63) is 53.3 Å². The van der Waals surface area contributed by atoms with Gasteiger partial charge in [-0.25, -0.2) is 0 Å². The third kappa shape index (κ3) is 6.34. The Kier molecular flexibility index (Phi) is 7.88. The van der Waals surface area contributed by atoms with Crippen LogP contribution in [0.25, 0.3) is 0 Å². The lowest BCUT2D eigenvalue weighted by Crippen LogP contribution is -2.40. The third-order valence-electron chi connectivity index (χ3n) is 5.53. The topological polar surface area (TPSA) is 74.5 Å². The number of nitrogens with one attached hydrogen (secondary N) is 2. The Morgan fingerprint density at radius 2 is 2.00 bits per heavy atom. The van der Waals surface area contributed by atoms with Crippen molar-refractivity contribution in [1.82, 2.24) is 25.3 Å². The predicted molar refractivity (Wildman–Crippen MR) is 121 cm³/mol. The highest BCUT2D eigenvalue weighted by atomic mass is 16.2. The molecule has 3 rings (SSSR count). The first-order valence-electron chi connectivity index (χ1n) is 10.8. The van der Waals surface area contributed by atoms with Crippen molar-refractivity contribution >= 4 is 11.9 Å². The molecule has 2 N–H and O–H groups in total. The Morgan fingerprint density at radius 3 is 2.70 bits per heavy atom. The molecule has 1 saturated heterocycles.